The van der Waals surface area contributed by atoms with Crippen LogP contribution in [0.15, 0.2) is 116 Å². The highest BCUT2D eigenvalue weighted by Crippen LogP contribution is 2.37. The van der Waals surface area contributed by atoms with Crippen LogP contribution in [0.25, 0.3) is 22.3 Å². The molecular formula is C54H56N8O5. The Balaban J connectivity index is 0.953. The zero-order valence-corrected chi connectivity index (χ0v) is 38.7. The number of morpholine rings is 1. The number of benzene rings is 4. The van der Waals surface area contributed by atoms with Crippen LogP contribution in [-0.4, -0.2) is 104 Å². The van der Waals surface area contributed by atoms with Crippen LogP contribution in [0, 0.1) is 6.92 Å². The van der Waals surface area contributed by atoms with Crippen LogP contribution in [0.1, 0.15) is 61.2 Å². The molecule has 0 bridgehead atoms. The quantitative estimate of drug-likeness (QED) is 0.130. The number of nitrogens with zero attached hydrogens (tertiary/aromatic N) is 8. The lowest BCUT2D eigenvalue weighted by molar-refractivity contribution is -0.131. The molecule has 0 spiro atoms. The molecule has 3 aliphatic heterocycles. The Kier molecular flexibility index (Phi) is 12.2. The monoisotopic (exact) mass is 896 g/mol. The van der Waals surface area contributed by atoms with E-state index in [1.54, 1.807) is 22.0 Å². The van der Waals surface area contributed by atoms with E-state index in [1.807, 2.05) is 114 Å². The molecule has 10 rings (SSSR count). The maximum Gasteiger partial charge on any atom is 0.264 e. The summed E-state index contributed by atoms with van der Waals surface area (Å²) in [5.41, 5.74) is 10.7. The summed E-state index contributed by atoms with van der Waals surface area (Å²) in [4.78, 5) is 56.8. The maximum absolute atomic E-state index is 15.2. The molecule has 0 unspecified atom stereocenters. The van der Waals surface area contributed by atoms with Crippen molar-refractivity contribution in [1.29, 1.82) is 0 Å². The van der Waals surface area contributed by atoms with E-state index in [2.05, 4.69) is 46.2 Å². The van der Waals surface area contributed by atoms with Gasteiger partial charge in [0, 0.05) is 93.0 Å². The first-order chi connectivity index (χ1) is 32.6. The number of aromatic nitrogens is 4. The predicted molar refractivity (Wildman–Crippen MR) is 259 cm³/mol. The number of rotatable bonds is 11. The van der Waals surface area contributed by atoms with Gasteiger partial charge in [-0.15, -0.1) is 0 Å². The first-order valence-corrected chi connectivity index (χ1v) is 23.3. The molecule has 3 amide bonds. The lowest BCUT2D eigenvalue weighted by atomic mass is 9.89. The van der Waals surface area contributed by atoms with Crippen LogP contribution in [0.5, 0.6) is 5.75 Å². The number of ether oxygens (including phenoxy) is 2. The highest BCUT2D eigenvalue weighted by molar-refractivity contribution is 6.13. The summed E-state index contributed by atoms with van der Waals surface area (Å²) in [5.74, 6) is 0.521. The Hall–Kier alpha value is -7.09. The molecule has 67 heavy (non-hydrogen) atoms. The van der Waals surface area contributed by atoms with Crippen LogP contribution < -0.4 is 9.64 Å². The molecule has 342 valence electrons. The summed E-state index contributed by atoms with van der Waals surface area (Å²) < 4.78 is 15.2. The highest BCUT2D eigenvalue weighted by atomic mass is 16.5. The zero-order valence-electron chi connectivity index (χ0n) is 38.7. The Bertz CT molecular complexity index is 2970. The first kappa shape index (κ1) is 43.8. The van der Waals surface area contributed by atoms with Crippen LogP contribution in [0.3, 0.4) is 0 Å². The van der Waals surface area contributed by atoms with E-state index in [0.29, 0.717) is 55.2 Å². The number of fused-ring (bicyclic) bond motifs is 3. The summed E-state index contributed by atoms with van der Waals surface area (Å²) in [6.45, 7) is 10.3. The van der Waals surface area contributed by atoms with Crippen molar-refractivity contribution in [2.24, 2.45) is 14.1 Å². The van der Waals surface area contributed by atoms with Gasteiger partial charge in [-0.05, 0) is 103 Å². The number of anilines is 2. The smallest absolute Gasteiger partial charge is 0.264 e. The molecule has 0 radical (unpaired) electrons. The predicted octanol–water partition coefficient (Wildman–Crippen LogP) is 7.69. The molecule has 13 nitrogen and oxygen atoms in total. The highest BCUT2D eigenvalue weighted by Gasteiger charge is 2.33. The van der Waals surface area contributed by atoms with Gasteiger partial charge in [-0.2, -0.15) is 5.10 Å². The van der Waals surface area contributed by atoms with E-state index >= 15 is 9.59 Å². The molecular weight excluding hydrogens is 841 g/mol. The van der Waals surface area contributed by atoms with Gasteiger partial charge in [0.25, 0.3) is 11.8 Å². The van der Waals surface area contributed by atoms with Gasteiger partial charge in [-0.3, -0.25) is 28.9 Å². The largest absolute Gasteiger partial charge is 0.492 e. The van der Waals surface area contributed by atoms with Crippen molar-refractivity contribution < 1.29 is 23.9 Å². The third-order valence-electron chi connectivity index (χ3n) is 13.8. The molecule has 0 N–H and O–H groups in total. The van der Waals surface area contributed by atoms with Crippen LogP contribution in [0.4, 0.5) is 11.4 Å². The van der Waals surface area contributed by atoms with Crippen LogP contribution in [-0.2, 0) is 56.0 Å². The minimum absolute atomic E-state index is 0.0342. The van der Waals surface area contributed by atoms with Gasteiger partial charge in [-0.1, -0.05) is 54.6 Å². The molecule has 1 saturated heterocycles. The zero-order chi connectivity index (χ0) is 46.2. The molecule has 3 aliphatic rings. The third kappa shape index (κ3) is 8.84. The first-order valence-electron chi connectivity index (χ1n) is 23.3. The summed E-state index contributed by atoms with van der Waals surface area (Å²) >= 11 is 0. The molecule has 7 aromatic rings. The molecule has 0 saturated carbocycles. The van der Waals surface area contributed by atoms with Crippen molar-refractivity contribution in [1.82, 2.24) is 34.0 Å². The average Bonchev–Trinajstić information content (AvgIpc) is 3.88. The number of hydrogen-bond donors (Lipinski definition) is 0. The fraction of sp³-hybridized carbons (Fsp3) is 0.315. The van der Waals surface area contributed by atoms with E-state index < -0.39 is 0 Å². The number of aryl methyl sites for hydroxylation is 1. The third-order valence-corrected chi connectivity index (χ3v) is 13.8. The SMILES string of the molecule is Cc1c(C(=O)N(c2ccccc2)c2cnc3c(cnn3C)c2)cc(-c2cc3c(cc2C(=O)N2Cc4ccccc4C[C@H]2C)CN(C(=O)Cc2ccc(OCCN4CCOCC4)cc2)CC3)n1C. The van der Waals surface area contributed by atoms with Crippen molar-refractivity contribution in [3.8, 4) is 17.0 Å². The van der Waals surface area contributed by atoms with Crippen molar-refractivity contribution in [3.63, 3.8) is 0 Å². The Morgan fingerprint density at radius 2 is 1.55 bits per heavy atom. The second kappa shape index (κ2) is 18.7. The molecule has 0 aliphatic carbocycles. The van der Waals surface area contributed by atoms with Crippen LogP contribution in [0.2, 0.25) is 0 Å². The lowest BCUT2D eigenvalue weighted by Crippen LogP contribution is -2.43. The second-order valence-electron chi connectivity index (χ2n) is 18.0. The van der Waals surface area contributed by atoms with Gasteiger partial charge in [0.05, 0.1) is 43.3 Å². The van der Waals surface area contributed by atoms with E-state index in [9.17, 15) is 4.79 Å². The number of pyridine rings is 1. The lowest BCUT2D eigenvalue weighted by Gasteiger charge is -2.36. The van der Waals surface area contributed by atoms with Crippen molar-refractivity contribution in [2.75, 3.05) is 50.9 Å². The fourth-order valence-electron chi connectivity index (χ4n) is 9.83. The maximum atomic E-state index is 15.2. The molecule has 1 fully saturated rings. The molecule has 13 heteroatoms. The summed E-state index contributed by atoms with van der Waals surface area (Å²) in [7, 11) is 3.80. The Morgan fingerprint density at radius 3 is 2.34 bits per heavy atom. The molecule has 6 heterocycles. The van der Waals surface area contributed by atoms with Crippen molar-refractivity contribution in [2.45, 2.75) is 52.2 Å². The number of hydrogen-bond acceptors (Lipinski definition) is 8. The van der Waals surface area contributed by atoms with Gasteiger partial charge < -0.3 is 23.8 Å². The van der Waals surface area contributed by atoms with Gasteiger partial charge in [0.1, 0.15) is 12.4 Å². The number of para-hydroxylation sites is 1. The topological polar surface area (TPSA) is 118 Å². The summed E-state index contributed by atoms with van der Waals surface area (Å²) in [5, 5.41) is 5.20. The average molecular weight is 897 g/mol. The standard InChI is InChI=1S/C54H56N8O5/c1-36-26-39-10-8-9-11-41(39)35-61(36)53(64)49-30-43-34-60(51(63)27-38-14-16-46(17-15-38)67-25-22-59-20-23-66-24-21-59)19-18-40(43)29-48(49)50-31-47(37(2)57(50)3)54(65)62(44-12-6-5-7-13-44)45-28-42-32-56-58(4)52(42)55-33-45/h5-17,28-33,36H,18-27,34-35H2,1-4H3/t36-/m1/s1. The van der Waals surface area contributed by atoms with Crippen molar-refractivity contribution in [3.05, 3.63) is 160 Å². The minimum atomic E-state index is -0.220. The van der Waals surface area contributed by atoms with Gasteiger partial charge >= 0.3 is 0 Å². The van der Waals surface area contributed by atoms with Gasteiger partial charge in [0.2, 0.25) is 5.91 Å². The summed E-state index contributed by atoms with van der Waals surface area (Å²) in [6, 6.07) is 33.7. The van der Waals surface area contributed by atoms with E-state index in [1.165, 1.54) is 5.56 Å². The van der Waals surface area contributed by atoms with Gasteiger partial charge in [-0.25, -0.2) is 4.98 Å². The number of amides is 3. The summed E-state index contributed by atoms with van der Waals surface area (Å²) in [6.07, 6.45) is 5.11. The fourth-order valence-corrected chi connectivity index (χ4v) is 9.83. The molecule has 3 aromatic heterocycles. The van der Waals surface area contributed by atoms with E-state index in [-0.39, 0.29) is 30.2 Å². The van der Waals surface area contributed by atoms with Crippen LogP contribution >= 0.6 is 0 Å². The number of carbonyl (C=O) groups is 3. The number of carbonyl (C=O) groups excluding carboxylic acids is 3. The normalized spacial score (nSPS) is 16.1. The van der Waals surface area contributed by atoms with E-state index in [0.717, 1.165) is 95.3 Å². The van der Waals surface area contributed by atoms with Gasteiger partial charge in [0.15, 0.2) is 5.65 Å². The molecule has 1 atom stereocenters. The van der Waals surface area contributed by atoms with Crippen molar-refractivity contribution >= 4 is 40.1 Å². The Labute approximate surface area is 391 Å². The second-order valence-corrected chi connectivity index (χ2v) is 18.0. The molecule has 4 aromatic carbocycles. The minimum Gasteiger partial charge on any atom is -0.492 e. The van der Waals surface area contributed by atoms with E-state index in [4.69, 9.17) is 9.47 Å². The Morgan fingerprint density at radius 1 is 0.791 bits per heavy atom.